The minimum atomic E-state index is -0.378. The number of imidazole rings is 1. The van der Waals surface area contributed by atoms with Gasteiger partial charge in [0.1, 0.15) is 10.8 Å². The average Bonchev–Trinajstić information content (AvgIpc) is 2.71. The summed E-state index contributed by atoms with van der Waals surface area (Å²) >= 11 is 11.4. The van der Waals surface area contributed by atoms with Crippen LogP contribution in [-0.4, -0.2) is 19.3 Å². The molecule has 0 N–H and O–H groups in total. The van der Waals surface area contributed by atoms with Crippen molar-refractivity contribution in [3.05, 3.63) is 44.8 Å². The van der Waals surface area contributed by atoms with Gasteiger partial charge in [-0.2, -0.15) is 5.10 Å². The first-order chi connectivity index (χ1) is 8.09. The highest BCUT2D eigenvalue weighted by Gasteiger charge is 2.07. The Morgan fingerprint density at radius 1 is 1.35 bits per heavy atom. The Morgan fingerprint density at radius 2 is 2.12 bits per heavy atom. The molecule has 0 amide bonds. The molecule has 0 aliphatic carbocycles. The van der Waals surface area contributed by atoms with Gasteiger partial charge < -0.3 is 4.57 Å². The van der Waals surface area contributed by atoms with Crippen molar-refractivity contribution >= 4 is 23.2 Å². The highest BCUT2D eigenvalue weighted by Crippen LogP contribution is 2.14. The first-order valence-corrected chi connectivity index (χ1v) is 5.74. The molecule has 90 valence electrons. The van der Waals surface area contributed by atoms with Crippen LogP contribution in [0, 0.1) is 6.92 Å². The van der Waals surface area contributed by atoms with E-state index in [1.807, 2.05) is 17.7 Å². The third kappa shape index (κ3) is 2.50. The van der Waals surface area contributed by atoms with Gasteiger partial charge in [-0.15, -0.1) is 0 Å². The zero-order chi connectivity index (χ0) is 12.4. The maximum absolute atomic E-state index is 11.7. The summed E-state index contributed by atoms with van der Waals surface area (Å²) in [7, 11) is 0. The van der Waals surface area contributed by atoms with Crippen LogP contribution in [0.15, 0.2) is 23.4 Å². The van der Waals surface area contributed by atoms with Crippen LogP contribution in [0.5, 0.6) is 0 Å². The Hall–Kier alpha value is -1.33. The molecule has 0 aromatic carbocycles. The average molecular weight is 273 g/mol. The number of halogens is 2. The van der Waals surface area contributed by atoms with Crippen LogP contribution >= 0.6 is 23.2 Å². The second kappa shape index (κ2) is 4.89. The predicted molar refractivity (Wildman–Crippen MR) is 65.5 cm³/mol. The Labute approximate surface area is 108 Å². The monoisotopic (exact) mass is 272 g/mol. The molecule has 0 aliphatic rings. The lowest BCUT2D eigenvalue weighted by molar-refractivity contribution is 0.504. The molecule has 0 spiro atoms. The van der Waals surface area contributed by atoms with E-state index in [0.717, 1.165) is 5.82 Å². The van der Waals surface area contributed by atoms with Crippen molar-refractivity contribution in [2.24, 2.45) is 0 Å². The van der Waals surface area contributed by atoms with E-state index in [4.69, 9.17) is 23.2 Å². The van der Waals surface area contributed by atoms with Gasteiger partial charge in [0.05, 0.1) is 17.8 Å². The lowest BCUT2D eigenvalue weighted by Crippen LogP contribution is -2.25. The van der Waals surface area contributed by atoms with Crippen molar-refractivity contribution in [3.63, 3.8) is 0 Å². The molecule has 7 heteroatoms. The largest absolute Gasteiger partial charge is 0.333 e. The normalized spacial score (nSPS) is 10.8. The maximum Gasteiger partial charge on any atom is 0.287 e. The molecular formula is C10H10Cl2N4O. The predicted octanol–water partition coefficient (Wildman–Crippen LogP) is 1.76. The van der Waals surface area contributed by atoms with E-state index in [1.165, 1.54) is 10.9 Å². The number of hydrogen-bond acceptors (Lipinski definition) is 3. The molecule has 2 aromatic rings. The Bertz CT molecular complexity index is 590. The first kappa shape index (κ1) is 12.1. The lowest BCUT2D eigenvalue weighted by Gasteiger charge is -2.07. The molecule has 5 nitrogen and oxygen atoms in total. The quantitative estimate of drug-likeness (QED) is 0.856. The molecule has 2 heterocycles. The second-order valence-electron chi connectivity index (χ2n) is 3.50. The van der Waals surface area contributed by atoms with E-state index in [1.54, 1.807) is 6.20 Å². The fourth-order valence-electron chi connectivity index (χ4n) is 1.45. The van der Waals surface area contributed by atoms with E-state index in [2.05, 4.69) is 10.1 Å². The van der Waals surface area contributed by atoms with Gasteiger partial charge in [0, 0.05) is 18.9 Å². The standard InChI is InChI=1S/C10H10Cl2N4O/c1-7-13-2-3-15(7)4-5-16-10(17)9(12)8(11)6-14-16/h2-3,6H,4-5H2,1H3. The van der Waals surface area contributed by atoms with Crippen molar-refractivity contribution in [1.29, 1.82) is 0 Å². The van der Waals surface area contributed by atoms with Crippen LogP contribution in [0.3, 0.4) is 0 Å². The number of nitrogens with zero attached hydrogens (tertiary/aromatic N) is 4. The molecule has 0 aliphatic heterocycles. The minimum Gasteiger partial charge on any atom is -0.333 e. The molecular weight excluding hydrogens is 263 g/mol. The molecule has 0 fully saturated rings. The van der Waals surface area contributed by atoms with Crippen molar-refractivity contribution in [1.82, 2.24) is 19.3 Å². The minimum absolute atomic E-state index is 0.00372. The highest BCUT2D eigenvalue weighted by atomic mass is 35.5. The lowest BCUT2D eigenvalue weighted by atomic mass is 10.5. The summed E-state index contributed by atoms with van der Waals surface area (Å²) in [6.45, 7) is 2.93. The number of hydrogen-bond donors (Lipinski definition) is 0. The summed E-state index contributed by atoms with van der Waals surface area (Å²) in [4.78, 5) is 15.8. The van der Waals surface area contributed by atoms with E-state index in [-0.39, 0.29) is 15.6 Å². The molecule has 0 atom stereocenters. The fourth-order valence-corrected chi connectivity index (χ4v) is 1.72. The Morgan fingerprint density at radius 3 is 2.76 bits per heavy atom. The van der Waals surface area contributed by atoms with Crippen molar-refractivity contribution in [3.8, 4) is 0 Å². The molecule has 0 radical (unpaired) electrons. The van der Waals surface area contributed by atoms with Gasteiger partial charge in [-0.1, -0.05) is 23.2 Å². The third-order valence-electron chi connectivity index (χ3n) is 2.42. The zero-order valence-corrected chi connectivity index (χ0v) is 10.6. The van der Waals surface area contributed by atoms with Gasteiger partial charge in [0.25, 0.3) is 5.56 Å². The fraction of sp³-hybridized carbons (Fsp3) is 0.300. The molecule has 0 unspecified atom stereocenters. The Kier molecular flexibility index (Phi) is 3.49. The van der Waals surface area contributed by atoms with Gasteiger partial charge in [0.15, 0.2) is 0 Å². The number of rotatable bonds is 3. The van der Waals surface area contributed by atoms with E-state index < -0.39 is 0 Å². The summed E-state index contributed by atoms with van der Waals surface area (Å²) in [6, 6.07) is 0. The van der Waals surface area contributed by atoms with Crippen LogP contribution in [0.2, 0.25) is 10.0 Å². The van der Waals surface area contributed by atoms with E-state index in [9.17, 15) is 4.79 Å². The summed E-state index contributed by atoms with van der Waals surface area (Å²) in [5, 5.41) is 4.10. The summed E-state index contributed by atoms with van der Waals surface area (Å²) in [5.41, 5.74) is -0.378. The number of aryl methyl sites for hydroxylation is 3. The summed E-state index contributed by atoms with van der Waals surface area (Å²) < 4.78 is 3.21. The molecule has 0 saturated carbocycles. The van der Waals surface area contributed by atoms with Gasteiger partial charge in [-0.05, 0) is 6.92 Å². The molecule has 2 rings (SSSR count). The summed E-state index contributed by atoms with van der Waals surface area (Å²) in [6.07, 6.45) is 4.92. The van der Waals surface area contributed by atoms with Crippen LogP contribution in [0.1, 0.15) is 5.82 Å². The second-order valence-corrected chi connectivity index (χ2v) is 4.29. The molecule has 17 heavy (non-hydrogen) atoms. The van der Waals surface area contributed by atoms with Crippen molar-refractivity contribution < 1.29 is 0 Å². The first-order valence-electron chi connectivity index (χ1n) is 4.98. The molecule has 2 aromatic heterocycles. The topological polar surface area (TPSA) is 52.7 Å². The smallest absolute Gasteiger partial charge is 0.287 e. The molecule has 0 bridgehead atoms. The van der Waals surface area contributed by atoms with E-state index >= 15 is 0 Å². The van der Waals surface area contributed by atoms with Crippen molar-refractivity contribution in [2.45, 2.75) is 20.0 Å². The van der Waals surface area contributed by atoms with Gasteiger partial charge in [-0.3, -0.25) is 4.79 Å². The highest BCUT2D eigenvalue weighted by molar-refractivity contribution is 6.41. The summed E-state index contributed by atoms with van der Waals surface area (Å²) in [5.74, 6) is 0.887. The van der Waals surface area contributed by atoms with Crippen LogP contribution in [0.4, 0.5) is 0 Å². The van der Waals surface area contributed by atoms with E-state index in [0.29, 0.717) is 13.1 Å². The Balaban J connectivity index is 2.18. The van der Waals surface area contributed by atoms with Gasteiger partial charge >= 0.3 is 0 Å². The van der Waals surface area contributed by atoms with Gasteiger partial charge in [-0.25, -0.2) is 9.67 Å². The molecule has 0 saturated heterocycles. The number of aromatic nitrogens is 4. The van der Waals surface area contributed by atoms with Crippen LogP contribution in [-0.2, 0) is 13.1 Å². The zero-order valence-electron chi connectivity index (χ0n) is 9.10. The van der Waals surface area contributed by atoms with Crippen molar-refractivity contribution in [2.75, 3.05) is 0 Å². The van der Waals surface area contributed by atoms with Crippen LogP contribution in [0.25, 0.3) is 0 Å². The SMILES string of the molecule is Cc1nccn1CCn1ncc(Cl)c(Cl)c1=O. The maximum atomic E-state index is 11.7. The van der Waals surface area contributed by atoms with Gasteiger partial charge in [0.2, 0.25) is 0 Å². The van der Waals surface area contributed by atoms with Crippen LogP contribution < -0.4 is 5.56 Å². The third-order valence-corrected chi connectivity index (χ3v) is 3.17.